The van der Waals surface area contributed by atoms with E-state index >= 15 is 0 Å². The molecule has 0 amide bonds. The molecule has 0 radical (unpaired) electrons. The highest BCUT2D eigenvalue weighted by atomic mass is 16.4. The van der Waals surface area contributed by atoms with Crippen molar-refractivity contribution in [3.63, 3.8) is 0 Å². The van der Waals surface area contributed by atoms with Crippen LogP contribution in [0.4, 0.5) is 0 Å². The number of Topliss-reactive ketones (excluding diaryl/α,β-unsaturated/α-hetero) is 1. The number of carboxylic acid groups (broad SMARTS) is 1. The fourth-order valence-corrected chi connectivity index (χ4v) is 2.06. The SMILES string of the molecule is CC(=O)c1cnc(-c2ccc(C(C)(C)C)cc2)nc1C(=O)O. The first-order valence-electron chi connectivity index (χ1n) is 6.92. The molecule has 5 nitrogen and oxygen atoms in total. The summed E-state index contributed by atoms with van der Waals surface area (Å²) in [5.41, 5.74) is 1.66. The van der Waals surface area contributed by atoms with Gasteiger partial charge in [-0.3, -0.25) is 4.79 Å². The van der Waals surface area contributed by atoms with Crippen molar-refractivity contribution in [2.24, 2.45) is 0 Å². The number of nitrogens with zero attached hydrogens (tertiary/aromatic N) is 2. The minimum Gasteiger partial charge on any atom is -0.476 e. The molecule has 0 fully saturated rings. The maximum atomic E-state index is 11.4. The van der Waals surface area contributed by atoms with Gasteiger partial charge in [-0.1, -0.05) is 45.0 Å². The Hall–Kier alpha value is -2.56. The molecule has 114 valence electrons. The second-order valence-electron chi connectivity index (χ2n) is 6.14. The van der Waals surface area contributed by atoms with Crippen LogP contribution in [0.25, 0.3) is 11.4 Å². The lowest BCUT2D eigenvalue weighted by molar-refractivity contribution is 0.0685. The highest BCUT2D eigenvalue weighted by Gasteiger charge is 2.18. The number of benzene rings is 1. The molecule has 0 spiro atoms. The lowest BCUT2D eigenvalue weighted by Gasteiger charge is -2.19. The molecular formula is C17H18N2O3. The number of hydrogen-bond donors (Lipinski definition) is 1. The molecular weight excluding hydrogens is 280 g/mol. The first-order chi connectivity index (χ1) is 10.2. The van der Waals surface area contributed by atoms with E-state index in [1.807, 2.05) is 24.3 Å². The van der Waals surface area contributed by atoms with Crippen molar-refractivity contribution in [1.29, 1.82) is 0 Å². The Kier molecular flexibility index (Phi) is 4.08. The van der Waals surface area contributed by atoms with E-state index in [1.54, 1.807) is 0 Å². The fourth-order valence-electron chi connectivity index (χ4n) is 2.06. The van der Waals surface area contributed by atoms with Gasteiger partial charge in [-0.25, -0.2) is 14.8 Å². The molecule has 0 aliphatic carbocycles. The molecule has 22 heavy (non-hydrogen) atoms. The van der Waals surface area contributed by atoms with E-state index in [1.165, 1.54) is 13.1 Å². The first kappa shape index (κ1) is 15.8. The quantitative estimate of drug-likeness (QED) is 0.879. The van der Waals surface area contributed by atoms with Crippen molar-refractivity contribution in [2.75, 3.05) is 0 Å². The molecule has 0 unspecified atom stereocenters. The molecule has 0 bridgehead atoms. The van der Waals surface area contributed by atoms with Crippen LogP contribution < -0.4 is 0 Å². The fraction of sp³-hybridized carbons (Fsp3) is 0.294. The maximum Gasteiger partial charge on any atom is 0.355 e. The van der Waals surface area contributed by atoms with E-state index in [0.29, 0.717) is 11.4 Å². The minimum atomic E-state index is -1.24. The van der Waals surface area contributed by atoms with Gasteiger partial charge in [0.25, 0.3) is 0 Å². The van der Waals surface area contributed by atoms with E-state index in [2.05, 4.69) is 30.7 Å². The normalized spacial score (nSPS) is 11.3. The second kappa shape index (κ2) is 5.67. The van der Waals surface area contributed by atoms with Crippen LogP contribution in [0.1, 0.15) is 54.1 Å². The summed E-state index contributed by atoms with van der Waals surface area (Å²) in [6.45, 7) is 7.64. The summed E-state index contributed by atoms with van der Waals surface area (Å²) in [5.74, 6) is -1.31. The molecule has 0 saturated carbocycles. The van der Waals surface area contributed by atoms with Gasteiger partial charge in [-0.2, -0.15) is 0 Å². The number of carbonyl (C=O) groups excluding carboxylic acids is 1. The molecule has 0 aliphatic rings. The maximum absolute atomic E-state index is 11.4. The zero-order chi connectivity index (χ0) is 16.5. The summed E-state index contributed by atoms with van der Waals surface area (Å²) >= 11 is 0. The Morgan fingerprint density at radius 3 is 2.14 bits per heavy atom. The Balaban J connectivity index is 2.47. The summed E-state index contributed by atoms with van der Waals surface area (Å²) in [4.78, 5) is 30.8. The van der Waals surface area contributed by atoms with Crippen molar-refractivity contribution in [3.05, 3.63) is 47.3 Å². The van der Waals surface area contributed by atoms with Crippen LogP contribution in [0.15, 0.2) is 30.5 Å². The monoisotopic (exact) mass is 298 g/mol. The third kappa shape index (κ3) is 3.19. The number of aromatic carboxylic acids is 1. The summed E-state index contributed by atoms with van der Waals surface area (Å²) in [6.07, 6.45) is 1.27. The zero-order valence-corrected chi connectivity index (χ0v) is 13.0. The van der Waals surface area contributed by atoms with Gasteiger partial charge in [0.05, 0.1) is 5.56 Å². The highest BCUT2D eigenvalue weighted by molar-refractivity contribution is 6.03. The van der Waals surface area contributed by atoms with Gasteiger partial charge >= 0.3 is 5.97 Å². The average Bonchev–Trinajstić information content (AvgIpc) is 2.45. The number of hydrogen-bond acceptors (Lipinski definition) is 4. The predicted octanol–water partition coefficient (Wildman–Crippen LogP) is 3.34. The molecule has 1 heterocycles. The van der Waals surface area contributed by atoms with E-state index in [4.69, 9.17) is 0 Å². The lowest BCUT2D eigenvalue weighted by atomic mass is 9.86. The van der Waals surface area contributed by atoms with Crippen molar-refractivity contribution < 1.29 is 14.7 Å². The van der Waals surface area contributed by atoms with Crippen LogP contribution in [-0.4, -0.2) is 26.8 Å². The zero-order valence-electron chi connectivity index (χ0n) is 13.0. The van der Waals surface area contributed by atoms with Gasteiger partial charge in [-0.15, -0.1) is 0 Å². The molecule has 2 rings (SSSR count). The summed E-state index contributed by atoms with van der Waals surface area (Å²) in [6, 6.07) is 7.65. The number of carboxylic acids is 1. The summed E-state index contributed by atoms with van der Waals surface area (Å²) in [5, 5.41) is 9.19. The number of rotatable bonds is 3. The molecule has 0 atom stereocenters. The molecule has 0 saturated heterocycles. The second-order valence-corrected chi connectivity index (χ2v) is 6.14. The summed E-state index contributed by atoms with van der Waals surface area (Å²) in [7, 11) is 0. The predicted molar refractivity (Wildman–Crippen MR) is 83.1 cm³/mol. The lowest BCUT2D eigenvalue weighted by Crippen LogP contribution is -2.12. The van der Waals surface area contributed by atoms with Crippen molar-refractivity contribution >= 4 is 11.8 Å². The highest BCUT2D eigenvalue weighted by Crippen LogP contribution is 2.25. The molecule has 1 aromatic heterocycles. The Bertz CT molecular complexity index is 729. The Morgan fingerprint density at radius 1 is 1.09 bits per heavy atom. The van der Waals surface area contributed by atoms with Gasteiger partial charge in [0.1, 0.15) is 0 Å². The van der Waals surface area contributed by atoms with Gasteiger partial charge in [0.15, 0.2) is 17.3 Å². The Labute approximate surface area is 129 Å². The van der Waals surface area contributed by atoms with Crippen molar-refractivity contribution in [2.45, 2.75) is 33.1 Å². The van der Waals surface area contributed by atoms with Crippen LogP contribution >= 0.6 is 0 Å². The number of aromatic nitrogens is 2. The van der Waals surface area contributed by atoms with E-state index in [0.717, 1.165) is 5.56 Å². The van der Waals surface area contributed by atoms with Crippen LogP contribution in [-0.2, 0) is 5.41 Å². The van der Waals surface area contributed by atoms with Crippen LogP contribution in [0.2, 0.25) is 0 Å². The largest absolute Gasteiger partial charge is 0.476 e. The van der Waals surface area contributed by atoms with Crippen LogP contribution in [0, 0.1) is 0 Å². The minimum absolute atomic E-state index is 0.0163. The third-order valence-electron chi connectivity index (χ3n) is 3.38. The van der Waals surface area contributed by atoms with Crippen LogP contribution in [0.3, 0.4) is 0 Å². The number of ketones is 1. The summed E-state index contributed by atoms with van der Waals surface area (Å²) < 4.78 is 0. The standard InChI is InChI=1S/C17H18N2O3/c1-10(20)13-9-18-15(19-14(13)16(21)22)11-5-7-12(8-6-11)17(2,3)4/h5-9H,1-4H3,(H,21,22). The van der Waals surface area contributed by atoms with Gasteiger partial charge in [0, 0.05) is 11.8 Å². The smallest absolute Gasteiger partial charge is 0.355 e. The van der Waals surface area contributed by atoms with Gasteiger partial charge in [-0.05, 0) is 17.9 Å². The van der Waals surface area contributed by atoms with Gasteiger partial charge < -0.3 is 5.11 Å². The molecule has 1 N–H and O–H groups in total. The van der Waals surface area contributed by atoms with E-state index < -0.39 is 5.97 Å². The molecule has 0 aliphatic heterocycles. The van der Waals surface area contributed by atoms with Crippen LogP contribution in [0.5, 0.6) is 0 Å². The Morgan fingerprint density at radius 2 is 1.68 bits per heavy atom. The number of carbonyl (C=O) groups is 2. The van der Waals surface area contributed by atoms with Gasteiger partial charge in [0.2, 0.25) is 0 Å². The third-order valence-corrected chi connectivity index (χ3v) is 3.38. The van der Waals surface area contributed by atoms with Crippen molar-refractivity contribution in [1.82, 2.24) is 9.97 Å². The van der Waals surface area contributed by atoms with Crippen molar-refractivity contribution in [3.8, 4) is 11.4 Å². The average molecular weight is 298 g/mol. The molecule has 2 aromatic rings. The first-order valence-corrected chi connectivity index (χ1v) is 6.92. The van der Waals surface area contributed by atoms with E-state index in [-0.39, 0.29) is 22.5 Å². The molecule has 1 aromatic carbocycles. The van der Waals surface area contributed by atoms with E-state index in [9.17, 15) is 14.7 Å². The molecule has 5 heteroatoms. The topological polar surface area (TPSA) is 80.2 Å².